The lowest BCUT2D eigenvalue weighted by molar-refractivity contribution is -0.00473. The quantitative estimate of drug-likeness (QED) is 0.805. The van der Waals surface area contributed by atoms with E-state index in [1.807, 2.05) is 24.3 Å². The van der Waals surface area contributed by atoms with Crippen LogP contribution in [-0.4, -0.2) is 22.4 Å². The summed E-state index contributed by atoms with van der Waals surface area (Å²) >= 11 is 5.95. The molecule has 0 amide bonds. The van der Waals surface area contributed by atoms with Gasteiger partial charge in [0.2, 0.25) is 0 Å². The monoisotopic (exact) mass is 214 g/mol. The number of halogens is 1. The molecule has 0 spiro atoms. The molecule has 1 rings (SSSR count). The Bertz CT molecular complexity index is 297. The molecule has 14 heavy (non-hydrogen) atoms. The molecule has 0 radical (unpaired) electrons. The van der Waals surface area contributed by atoms with Crippen molar-refractivity contribution in [3.63, 3.8) is 0 Å². The molecule has 1 aromatic rings. The third kappa shape index (κ3) is 3.29. The number of hydrogen-bond donors (Lipinski definition) is 2. The molecule has 1 aromatic carbocycles. The summed E-state index contributed by atoms with van der Waals surface area (Å²) < 4.78 is 0. The van der Waals surface area contributed by atoms with Crippen molar-refractivity contribution in [1.29, 1.82) is 0 Å². The van der Waals surface area contributed by atoms with Crippen molar-refractivity contribution < 1.29 is 10.2 Å². The van der Waals surface area contributed by atoms with Gasteiger partial charge in [-0.3, -0.25) is 0 Å². The Labute approximate surface area is 89.1 Å². The minimum atomic E-state index is -1.01. The van der Waals surface area contributed by atoms with E-state index >= 15 is 0 Å². The summed E-state index contributed by atoms with van der Waals surface area (Å²) in [6.45, 7) is 1.39. The van der Waals surface area contributed by atoms with Gasteiger partial charge in [-0.2, -0.15) is 0 Å². The molecule has 1 atom stereocenters. The van der Waals surface area contributed by atoms with Crippen LogP contribution in [0.25, 0.3) is 0 Å². The molecule has 0 heterocycles. The first-order chi connectivity index (χ1) is 6.55. The van der Waals surface area contributed by atoms with Gasteiger partial charge in [0.25, 0.3) is 0 Å². The highest BCUT2D eigenvalue weighted by molar-refractivity contribution is 6.31. The highest BCUT2D eigenvalue weighted by atomic mass is 35.5. The summed E-state index contributed by atoms with van der Waals surface area (Å²) in [5, 5.41) is 19.2. The van der Waals surface area contributed by atoms with Crippen LogP contribution in [0.5, 0.6) is 0 Å². The van der Waals surface area contributed by atoms with Crippen LogP contribution < -0.4 is 0 Å². The van der Waals surface area contributed by atoms with Crippen LogP contribution in [0.2, 0.25) is 5.02 Å². The average Bonchev–Trinajstić information content (AvgIpc) is 2.17. The maximum atomic E-state index is 9.58. The van der Waals surface area contributed by atoms with Crippen molar-refractivity contribution in [3.8, 4) is 0 Å². The van der Waals surface area contributed by atoms with Gasteiger partial charge in [-0.25, -0.2) is 0 Å². The summed E-state index contributed by atoms with van der Waals surface area (Å²) in [7, 11) is 0. The first-order valence-electron chi connectivity index (χ1n) is 4.62. The molecule has 2 nitrogen and oxygen atoms in total. The van der Waals surface area contributed by atoms with E-state index in [-0.39, 0.29) is 6.61 Å². The molecular weight excluding hydrogens is 200 g/mol. The van der Waals surface area contributed by atoms with Gasteiger partial charge in [0.15, 0.2) is 0 Å². The summed E-state index contributed by atoms with van der Waals surface area (Å²) in [5.41, 5.74) is -0.0120. The molecule has 0 fully saturated rings. The second-order valence-corrected chi connectivity index (χ2v) is 4.15. The molecule has 2 N–H and O–H groups in total. The zero-order valence-corrected chi connectivity index (χ0v) is 8.96. The molecule has 0 aromatic heterocycles. The first kappa shape index (κ1) is 11.5. The zero-order valence-electron chi connectivity index (χ0n) is 8.20. The topological polar surface area (TPSA) is 40.5 Å². The Hall–Kier alpha value is -0.570. The Morgan fingerprint density at radius 1 is 1.36 bits per heavy atom. The van der Waals surface area contributed by atoms with E-state index in [1.54, 1.807) is 6.92 Å². The number of aliphatic hydroxyl groups is 2. The highest BCUT2D eigenvalue weighted by Crippen LogP contribution is 2.19. The van der Waals surface area contributed by atoms with E-state index in [0.717, 1.165) is 5.56 Å². The first-order valence-corrected chi connectivity index (χ1v) is 4.99. The normalized spacial score (nSPS) is 15.1. The third-order valence-corrected chi connectivity index (χ3v) is 2.60. The van der Waals surface area contributed by atoms with Crippen LogP contribution in [0.15, 0.2) is 24.3 Å². The van der Waals surface area contributed by atoms with Gasteiger partial charge >= 0.3 is 0 Å². The maximum Gasteiger partial charge on any atom is 0.0852 e. The summed E-state index contributed by atoms with van der Waals surface area (Å²) in [6.07, 6.45) is 1.18. The highest BCUT2D eigenvalue weighted by Gasteiger charge is 2.18. The third-order valence-electron chi connectivity index (χ3n) is 2.23. The molecule has 0 saturated carbocycles. The second kappa shape index (κ2) is 4.78. The molecule has 0 bridgehead atoms. The lowest BCUT2D eigenvalue weighted by atomic mass is 9.98. The van der Waals surface area contributed by atoms with Crippen molar-refractivity contribution >= 4 is 11.6 Å². The predicted molar refractivity (Wildman–Crippen MR) is 57.5 cm³/mol. The number of aryl methyl sites for hydroxylation is 1. The molecule has 0 saturated heterocycles. The van der Waals surface area contributed by atoms with Gasteiger partial charge in [0, 0.05) is 5.02 Å². The molecule has 0 aliphatic carbocycles. The van der Waals surface area contributed by atoms with Gasteiger partial charge in [-0.1, -0.05) is 29.8 Å². The minimum absolute atomic E-state index is 0.225. The van der Waals surface area contributed by atoms with Crippen LogP contribution in [0, 0.1) is 0 Å². The Balaban J connectivity index is 2.58. The van der Waals surface area contributed by atoms with Crippen LogP contribution >= 0.6 is 11.6 Å². The van der Waals surface area contributed by atoms with Crippen LogP contribution in [0.1, 0.15) is 18.9 Å². The summed E-state index contributed by atoms with van der Waals surface area (Å²) in [4.78, 5) is 0. The SMILES string of the molecule is CC(O)(CO)CCc1ccccc1Cl. The van der Waals surface area contributed by atoms with Crippen molar-refractivity contribution in [2.45, 2.75) is 25.4 Å². The number of rotatable bonds is 4. The summed E-state index contributed by atoms with van der Waals surface area (Å²) in [6, 6.07) is 7.53. The zero-order chi connectivity index (χ0) is 10.6. The lowest BCUT2D eigenvalue weighted by Gasteiger charge is -2.20. The van der Waals surface area contributed by atoms with E-state index in [2.05, 4.69) is 0 Å². The maximum absolute atomic E-state index is 9.58. The van der Waals surface area contributed by atoms with E-state index in [0.29, 0.717) is 17.9 Å². The van der Waals surface area contributed by atoms with E-state index < -0.39 is 5.60 Å². The fourth-order valence-electron chi connectivity index (χ4n) is 1.18. The average molecular weight is 215 g/mol. The molecule has 78 valence electrons. The van der Waals surface area contributed by atoms with Crippen molar-refractivity contribution in [2.75, 3.05) is 6.61 Å². The number of aliphatic hydroxyl groups excluding tert-OH is 1. The molecule has 0 aliphatic rings. The second-order valence-electron chi connectivity index (χ2n) is 3.75. The number of benzene rings is 1. The van der Waals surface area contributed by atoms with Gasteiger partial charge in [0.1, 0.15) is 0 Å². The van der Waals surface area contributed by atoms with Gasteiger partial charge in [0.05, 0.1) is 12.2 Å². The Morgan fingerprint density at radius 3 is 2.57 bits per heavy atom. The fraction of sp³-hybridized carbons (Fsp3) is 0.455. The van der Waals surface area contributed by atoms with Crippen LogP contribution in [-0.2, 0) is 6.42 Å². The van der Waals surface area contributed by atoms with Crippen LogP contribution in [0.3, 0.4) is 0 Å². The number of hydrogen-bond acceptors (Lipinski definition) is 2. The molecule has 0 aliphatic heterocycles. The van der Waals surface area contributed by atoms with Gasteiger partial charge in [-0.15, -0.1) is 0 Å². The van der Waals surface area contributed by atoms with Crippen molar-refractivity contribution in [3.05, 3.63) is 34.9 Å². The molecule has 3 heteroatoms. The molecule has 1 unspecified atom stereocenters. The lowest BCUT2D eigenvalue weighted by Crippen LogP contribution is -2.29. The van der Waals surface area contributed by atoms with Gasteiger partial charge < -0.3 is 10.2 Å². The van der Waals surface area contributed by atoms with E-state index in [9.17, 15) is 5.11 Å². The fourth-order valence-corrected chi connectivity index (χ4v) is 1.41. The largest absolute Gasteiger partial charge is 0.393 e. The van der Waals surface area contributed by atoms with E-state index in [1.165, 1.54) is 0 Å². The Morgan fingerprint density at radius 2 is 2.00 bits per heavy atom. The standard InChI is InChI=1S/C11H15ClO2/c1-11(14,8-13)7-6-9-4-2-3-5-10(9)12/h2-5,13-14H,6-8H2,1H3. The summed E-state index contributed by atoms with van der Waals surface area (Å²) in [5.74, 6) is 0. The van der Waals surface area contributed by atoms with Crippen LogP contribution in [0.4, 0.5) is 0 Å². The predicted octanol–water partition coefficient (Wildman–Crippen LogP) is 2.02. The van der Waals surface area contributed by atoms with E-state index in [4.69, 9.17) is 16.7 Å². The van der Waals surface area contributed by atoms with Crippen molar-refractivity contribution in [1.82, 2.24) is 0 Å². The molecular formula is C11H15ClO2. The van der Waals surface area contributed by atoms with Gasteiger partial charge in [-0.05, 0) is 31.4 Å². The van der Waals surface area contributed by atoms with Crippen molar-refractivity contribution in [2.24, 2.45) is 0 Å². The Kier molecular flexibility index (Phi) is 3.93. The smallest absolute Gasteiger partial charge is 0.0852 e. The minimum Gasteiger partial charge on any atom is -0.393 e.